The Hall–Kier alpha value is -2.72. The molecule has 1 saturated carbocycles. The molecule has 0 bridgehead atoms. The number of hydrogen-bond donors (Lipinski definition) is 0. The molecular weight excluding hydrogens is 418 g/mol. The van der Waals surface area contributed by atoms with Gasteiger partial charge in [-0.25, -0.2) is 18.4 Å². The molecule has 1 aromatic carbocycles. The lowest BCUT2D eigenvalue weighted by Crippen LogP contribution is -2.48. The summed E-state index contributed by atoms with van der Waals surface area (Å²) in [6.45, 7) is 5.23. The molecule has 164 valence electrons. The second-order valence-electron chi connectivity index (χ2n) is 8.10. The maximum atomic E-state index is 13.1. The SMILES string of the molecule is Cc1noc(C)c1S(=O)(=O)N1CCN(c2ccc3ncnc(OC4CCC4)c3c2)CC1. The van der Waals surface area contributed by atoms with Crippen LogP contribution in [-0.4, -0.2) is 60.1 Å². The Bertz CT molecular complexity index is 1190. The van der Waals surface area contributed by atoms with Gasteiger partial charge in [-0.05, 0) is 51.3 Å². The number of ether oxygens (including phenoxy) is 1. The number of hydrogen-bond acceptors (Lipinski definition) is 8. The van der Waals surface area contributed by atoms with E-state index in [-0.39, 0.29) is 11.0 Å². The smallest absolute Gasteiger partial charge is 0.248 e. The van der Waals surface area contributed by atoms with Gasteiger partial charge in [0.25, 0.3) is 0 Å². The first-order valence-electron chi connectivity index (χ1n) is 10.5. The molecule has 2 aromatic heterocycles. The second-order valence-corrected chi connectivity index (χ2v) is 9.97. The molecule has 0 N–H and O–H groups in total. The van der Waals surface area contributed by atoms with Gasteiger partial charge in [-0.3, -0.25) is 0 Å². The highest BCUT2D eigenvalue weighted by Gasteiger charge is 2.33. The third-order valence-electron chi connectivity index (χ3n) is 6.08. The van der Waals surface area contributed by atoms with Crippen molar-refractivity contribution in [1.29, 1.82) is 0 Å². The van der Waals surface area contributed by atoms with Gasteiger partial charge in [-0.1, -0.05) is 5.16 Å². The second kappa shape index (κ2) is 7.76. The Kier molecular flexibility index (Phi) is 5.05. The van der Waals surface area contributed by atoms with E-state index in [9.17, 15) is 8.42 Å². The van der Waals surface area contributed by atoms with Gasteiger partial charge in [-0.2, -0.15) is 4.31 Å². The van der Waals surface area contributed by atoms with Gasteiger partial charge >= 0.3 is 0 Å². The van der Waals surface area contributed by atoms with Crippen LogP contribution in [0, 0.1) is 13.8 Å². The predicted molar refractivity (Wildman–Crippen MR) is 115 cm³/mol. The summed E-state index contributed by atoms with van der Waals surface area (Å²) < 4.78 is 38.8. The minimum Gasteiger partial charge on any atom is -0.474 e. The van der Waals surface area contributed by atoms with E-state index >= 15 is 0 Å². The van der Waals surface area contributed by atoms with E-state index in [1.807, 2.05) is 18.2 Å². The minimum absolute atomic E-state index is 0.182. The van der Waals surface area contributed by atoms with Crippen molar-refractivity contribution in [2.24, 2.45) is 0 Å². The van der Waals surface area contributed by atoms with Crippen LogP contribution in [0.25, 0.3) is 10.9 Å². The van der Waals surface area contributed by atoms with Crippen LogP contribution in [0.5, 0.6) is 5.88 Å². The molecule has 0 amide bonds. The van der Waals surface area contributed by atoms with Crippen LogP contribution in [0.3, 0.4) is 0 Å². The van der Waals surface area contributed by atoms with E-state index in [4.69, 9.17) is 9.26 Å². The average Bonchev–Trinajstić information content (AvgIpc) is 3.09. The van der Waals surface area contributed by atoms with Gasteiger partial charge < -0.3 is 14.2 Å². The van der Waals surface area contributed by atoms with Gasteiger partial charge in [0, 0.05) is 31.9 Å². The quantitative estimate of drug-likeness (QED) is 0.593. The van der Waals surface area contributed by atoms with Crippen LogP contribution in [0.15, 0.2) is 33.9 Å². The summed E-state index contributed by atoms with van der Waals surface area (Å²) in [6, 6.07) is 6.02. The summed E-state index contributed by atoms with van der Waals surface area (Å²) in [5.41, 5.74) is 2.25. The summed E-state index contributed by atoms with van der Waals surface area (Å²) in [5.74, 6) is 0.949. The largest absolute Gasteiger partial charge is 0.474 e. The molecule has 1 aliphatic heterocycles. The number of piperazine rings is 1. The van der Waals surface area contributed by atoms with Crippen molar-refractivity contribution >= 4 is 26.6 Å². The van der Waals surface area contributed by atoms with Crippen LogP contribution >= 0.6 is 0 Å². The standard InChI is InChI=1S/C21H25N5O4S/c1-14-20(15(2)30-24-14)31(27,28)26-10-8-25(9-11-26)16-6-7-19-18(12-16)21(23-13-22-19)29-17-4-3-5-17/h6-7,12-13,17H,3-5,8-11H2,1-2H3. The normalized spacial score (nSPS) is 18.3. The summed E-state index contributed by atoms with van der Waals surface area (Å²) in [6.07, 6.45) is 5.09. The van der Waals surface area contributed by atoms with Gasteiger partial charge in [0.05, 0.1) is 10.9 Å². The summed E-state index contributed by atoms with van der Waals surface area (Å²) in [5, 5.41) is 4.68. The zero-order valence-electron chi connectivity index (χ0n) is 17.6. The van der Waals surface area contributed by atoms with Crippen molar-refractivity contribution in [3.63, 3.8) is 0 Å². The van der Waals surface area contributed by atoms with E-state index in [0.29, 0.717) is 43.5 Å². The molecule has 1 saturated heterocycles. The number of fused-ring (bicyclic) bond motifs is 1. The maximum Gasteiger partial charge on any atom is 0.248 e. The van der Waals surface area contributed by atoms with Crippen LogP contribution in [0.1, 0.15) is 30.7 Å². The van der Waals surface area contributed by atoms with Gasteiger partial charge in [0.15, 0.2) is 5.76 Å². The van der Waals surface area contributed by atoms with Crippen LogP contribution in [0.2, 0.25) is 0 Å². The number of aryl methyl sites for hydroxylation is 2. The Morgan fingerprint density at radius 2 is 1.87 bits per heavy atom. The first kappa shape index (κ1) is 20.2. The number of aromatic nitrogens is 3. The topological polar surface area (TPSA) is 102 Å². The van der Waals surface area contributed by atoms with E-state index in [0.717, 1.165) is 29.4 Å². The lowest BCUT2D eigenvalue weighted by Gasteiger charge is -2.35. The van der Waals surface area contributed by atoms with E-state index < -0.39 is 10.0 Å². The Morgan fingerprint density at radius 3 is 2.52 bits per heavy atom. The Balaban J connectivity index is 1.35. The highest BCUT2D eigenvalue weighted by atomic mass is 32.2. The summed E-state index contributed by atoms with van der Waals surface area (Å²) >= 11 is 0. The van der Waals surface area contributed by atoms with Crippen LogP contribution in [-0.2, 0) is 10.0 Å². The predicted octanol–water partition coefficient (Wildman–Crippen LogP) is 2.68. The fourth-order valence-electron chi connectivity index (χ4n) is 4.12. The highest BCUT2D eigenvalue weighted by Crippen LogP contribution is 2.32. The van der Waals surface area contributed by atoms with Gasteiger partial charge in [-0.15, -0.1) is 0 Å². The molecule has 3 aromatic rings. The minimum atomic E-state index is -3.63. The van der Waals surface area contributed by atoms with Crippen molar-refractivity contribution in [1.82, 2.24) is 19.4 Å². The van der Waals surface area contributed by atoms with E-state index in [2.05, 4.69) is 20.0 Å². The third kappa shape index (κ3) is 3.63. The molecule has 5 rings (SSSR count). The molecule has 0 unspecified atom stereocenters. The molecule has 10 heteroatoms. The van der Waals surface area contributed by atoms with Crippen LogP contribution < -0.4 is 9.64 Å². The molecule has 0 spiro atoms. The van der Waals surface area contributed by atoms with Gasteiger partial charge in [0.2, 0.25) is 15.9 Å². The van der Waals surface area contributed by atoms with E-state index in [1.54, 1.807) is 13.8 Å². The maximum absolute atomic E-state index is 13.1. The molecule has 2 fully saturated rings. The van der Waals surface area contributed by atoms with E-state index in [1.165, 1.54) is 17.1 Å². The zero-order valence-corrected chi connectivity index (χ0v) is 18.4. The molecule has 3 heterocycles. The van der Waals surface area contributed by atoms with Crippen molar-refractivity contribution < 1.29 is 17.7 Å². The average molecular weight is 444 g/mol. The Labute approximate surface area is 181 Å². The van der Waals surface area contributed by atoms with Crippen molar-refractivity contribution in [2.75, 3.05) is 31.1 Å². The number of sulfonamides is 1. The first-order valence-corrected chi connectivity index (χ1v) is 12.0. The lowest BCUT2D eigenvalue weighted by atomic mass is 9.96. The lowest BCUT2D eigenvalue weighted by molar-refractivity contribution is 0.116. The molecule has 0 atom stereocenters. The fraction of sp³-hybridized carbons (Fsp3) is 0.476. The number of anilines is 1. The molecule has 9 nitrogen and oxygen atoms in total. The molecule has 31 heavy (non-hydrogen) atoms. The molecule has 2 aliphatic rings. The molecule has 0 radical (unpaired) electrons. The third-order valence-corrected chi connectivity index (χ3v) is 8.23. The first-order chi connectivity index (χ1) is 14.9. The fourth-order valence-corrected chi connectivity index (χ4v) is 5.83. The summed E-state index contributed by atoms with van der Waals surface area (Å²) in [4.78, 5) is 11.1. The van der Waals surface area contributed by atoms with Crippen molar-refractivity contribution in [3.8, 4) is 5.88 Å². The number of benzene rings is 1. The monoisotopic (exact) mass is 443 g/mol. The zero-order chi connectivity index (χ0) is 21.6. The molecule has 1 aliphatic carbocycles. The Morgan fingerprint density at radius 1 is 1.10 bits per heavy atom. The summed E-state index contributed by atoms with van der Waals surface area (Å²) in [7, 11) is -3.63. The number of nitrogens with zero attached hydrogens (tertiary/aromatic N) is 5. The van der Waals surface area contributed by atoms with Crippen molar-refractivity contribution in [2.45, 2.75) is 44.1 Å². The molecular formula is C21H25N5O4S. The highest BCUT2D eigenvalue weighted by molar-refractivity contribution is 7.89. The van der Waals surface area contributed by atoms with Gasteiger partial charge in [0.1, 0.15) is 23.0 Å². The van der Waals surface area contributed by atoms with Crippen molar-refractivity contribution in [3.05, 3.63) is 36.0 Å². The number of rotatable bonds is 5. The van der Waals surface area contributed by atoms with Crippen LogP contribution in [0.4, 0.5) is 5.69 Å².